The second kappa shape index (κ2) is 6.46. The molecule has 2 fully saturated rings. The van der Waals surface area contributed by atoms with Gasteiger partial charge in [0, 0.05) is 24.2 Å². The van der Waals surface area contributed by atoms with Crippen LogP contribution in [0, 0.1) is 12.8 Å². The van der Waals surface area contributed by atoms with Crippen LogP contribution in [0.4, 0.5) is 0 Å². The van der Waals surface area contributed by atoms with E-state index in [1.165, 1.54) is 56.4 Å². The molecule has 1 aromatic carbocycles. The van der Waals surface area contributed by atoms with E-state index in [2.05, 4.69) is 35.3 Å². The molecule has 2 heterocycles. The van der Waals surface area contributed by atoms with Crippen molar-refractivity contribution in [2.75, 3.05) is 19.6 Å². The van der Waals surface area contributed by atoms with E-state index in [9.17, 15) is 0 Å². The Kier molecular flexibility index (Phi) is 4.65. The molecule has 0 saturated carbocycles. The topological polar surface area (TPSA) is 15.3 Å². The average Bonchev–Trinajstić information content (AvgIpc) is 2.97. The molecule has 2 aliphatic heterocycles. The molecular weight excluding hydrogens is 268 g/mol. The van der Waals surface area contributed by atoms with Gasteiger partial charge in [0.15, 0.2) is 0 Å². The van der Waals surface area contributed by atoms with E-state index in [0.29, 0.717) is 0 Å². The van der Waals surface area contributed by atoms with Crippen molar-refractivity contribution in [2.24, 2.45) is 5.92 Å². The average molecular weight is 293 g/mol. The van der Waals surface area contributed by atoms with Gasteiger partial charge in [0.25, 0.3) is 0 Å². The van der Waals surface area contributed by atoms with Gasteiger partial charge in [-0.05, 0) is 68.8 Å². The molecule has 2 atom stereocenters. The molecule has 2 saturated heterocycles. The molecule has 20 heavy (non-hydrogen) atoms. The van der Waals surface area contributed by atoms with Gasteiger partial charge in [0.2, 0.25) is 0 Å². The molecule has 3 rings (SSSR count). The van der Waals surface area contributed by atoms with Crippen LogP contribution in [0.2, 0.25) is 5.02 Å². The van der Waals surface area contributed by atoms with Crippen LogP contribution < -0.4 is 5.32 Å². The van der Waals surface area contributed by atoms with Crippen molar-refractivity contribution in [2.45, 2.75) is 45.2 Å². The first-order valence-corrected chi connectivity index (χ1v) is 8.31. The first kappa shape index (κ1) is 14.4. The lowest BCUT2D eigenvalue weighted by molar-refractivity contribution is 0.145. The van der Waals surface area contributed by atoms with Gasteiger partial charge in [-0.15, -0.1) is 0 Å². The normalized spacial score (nSPS) is 27.9. The Hall–Kier alpha value is -0.570. The fourth-order valence-corrected chi connectivity index (χ4v) is 3.87. The Labute approximate surface area is 127 Å². The standard InChI is InChI=1S/C17H25ClN2/c1-13-6-7-14(10-16(13)18)11-20-9-3-4-15(12-20)17-5-2-8-19-17/h6-7,10,15,17,19H,2-5,8-9,11-12H2,1H3. The minimum atomic E-state index is 0.763. The van der Waals surface area contributed by atoms with Gasteiger partial charge >= 0.3 is 0 Å². The number of hydrogen-bond acceptors (Lipinski definition) is 2. The number of aryl methyl sites for hydroxylation is 1. The predicted molar refractivity (Wildman–Crippen MR) is 85.2 cm³/mol. The zero-order valence-corrected chi connectivity index (χ0v) is 13.1. The first-order chi connectivity index (χ1) is 9.72. The summed E-state index contributed by atoms with van der Waals surface area (Å²) in [6.07, 6.45) is 5.45. The van der Waals surface area contributed by atoms with Gasteiger partial charge in [-0.2, -0.15) is 0 Å². The van der Waals surface area contributed by atoms with Crippen molar-refractivity contribution in [3.8, 4) is 0 Å². The van der Waals surface area contributed by atoms with Gasteiger partial charge in [0.1, 0.15) is 0 Å². The summed E-state index contributed by atoms with van der Waals surface area (Å²) in [5.74, 6) is 0.840. The monoisotopic (exact) mass is 292 g/mol. The van der Waals surface area contributed by atoms with E-state index in [1.54, 1.807) is 0 Å². The number of piperidine rings is 1. The summed E-state index contributed by atoms with van der Waals surface area (Å²) in [4.78, 5) is 2.61. The smallest absolute Gasteiger partial charge is 0.0438 e. The van der Waals surface area contributed by atoms with Crippen molar-refractivity contribution in [3.63, 3.8) is 0 Å². The molecule has 3 heteroatoms. The maximum absolute atomic E-state index is 6.24. The van der Waals surface area contributed by atoms with Gasteiger partial charge < -0.3 is 5.32 Å². The number of nitrogens with zero attached hydrogens (tertiary/aromatic N) is 1. The maximum atomic E-state index is 6.24. The number of hydrogen-bond donors (Lipinski definition) is 1. The zero-order valence-electron chi connectivity index (χ0n) is 12.4. The molecule has 0 aromatic heterocycles. The molecule has 1 N–H and O–H groups in total. The van der Waals surface area contributed by atoms with Gasteiger partial charge in [-0.3, -0.25) is 4.90 Å². The Balaban J connectivity index is 1.60. The second-order valence-electron chi connectivity index (χ2n) is 6.42. The molecule has 2 unspecified atom stereocenters. The maximum Gasteiger partial charge on any atom is 0.0438 e. The third-order valence-corrected chi connectivity index (χ3v) is 5.26. The lowest BCUT2D eigenvalue weighted by atomic mass is 9.89. The highest BCUT2D eigenvalue weighted by Crippen LogP contribution is 2.26. The molecule has 0 spiro atoms. The highest BCUT2D eigenvalue weighted by atomic mass is 35.5. The molecule has 0 aliphatic carbocycles. The van der Waals surface area contributed by atoms with Crippen molar-refractivity contribution in [1.82, 2.24) is 10.2 Å². The Morgan fingerprint density at radius 2 is 2.20 bits per heavy atom. The van der Waals surface area contributed by atoms with E-state index in [4.69, 9.17) is 11.6 Å². The molecule has 2 nitrogen and oxygen atoms in total. The number of rotatable bonds is 3. The molecule has 1 aromatic rings. The largest absolute Gasteiger partial charge is 0.314 e. The number of nitrogens with one attached hydrogen (secondary N) is 1. The molecule has 0 bridgehead atoms. The Morgan fingerprint density at radius 3 is 2.95 bits per heavy atom. The minimum absolute atomic E-state index is 0.763. The summed E-state index contributed by atoms with van der Waals surface area (Å²) in [5.41, 5.74) is 2.52. The highest BCUT2D eigenvalue weighted by Gasteiger charge is 2.28. The second-order valence-corrected chi connectivity index (χ2v) is 6.83. The van der Waals surface area contributed by atoms with Crippen LogP contribution in [0.3, 0.4) is 0 Å². The molecule has 0 radical (unpaired) electrons. The predicted octanol–water partition coefficient (Wildman–Crippen LogP) is 3.61. The van der Waals surface area contributed by atoms with Crippen molar-refractivity contribution < 1.29 is 0 Å². The zero-order chi connectivity index (χ0) is 13.9. The van der Waals surface area contributed by atoms with Crippen molar-refractivity contribution >= 4 is 11.6 Å². The van der Waals surface area contributed by atoms with Crippen LogP contribution in [-0.2, 0) is 6.54 Å². The van der Waals surface area contributed by atoms with Crippen LogP contribution in [0.1, 0.15) is 36.8 Å². The molecule has 2 aliphatic rings. The third kappa shape index (κ3) is 3.36. The lowest BCUT2D eigenvalue weighted by Crippen LogP contribution is -2.43. The van der Waals surface area contributed by atoms with Crippen LogP contribution in [0.5, 0.6) is 0 Å². The van der Waals surface area contributed by atoms with E-state index >= 15 is 0 Å². The summed E-state index contributed by atoms with van der Waals surface area (Å²) >= 11 is 6.24. The summed E-state index contributed by atoms with van der Waals surface area (Å²) in [7, 11) is 0. The third-order valence-electron chi connectivity index (χ3n) is 4.85. The number of likely N-dealkylation sites (tertiary alicyclic amines) is 1. The van der Waals surface area contributed by atoms with Crippen molar-refractivity contribution in [3.05, 3.63) is 34.3 Å². The highest BCUT2D eigenvalue weighted by molar-refractivity contribution is 6.31. The van der Waals surface area contributed by atoms with Crippen molar-refractivity contribution in [1.29, 1.82) is 0 Å². The fourth-order valence-electron chi connectivity index (χ4n) is 3.67. The lowest BCUT2D eigenvalue weighted by Gasteiger charge is -2.36. The molecule has 0 amide bonds. The van der Waals surface area contributed by atoms with E-state index in [-0.39, 0.29) is 0 Å². The minimum Gasteiger partial charge on any atom is -0.314 e. The van der Waals surface area contributed by atoms with Crippen LogP contribution in [0.25, 0.3) is 0 Å². The van der Waals surface area contributed by atoms with Gasteiger partial charge in [0.05, 0.1) is 0 Å². The molecule has 110 valence electrons. The van der Waals surface area contributed by atoms with Crippen LogP contribution in [0.15, 0.2) is 18.2 Å². The Morgan fingerprint density at radius 1 is 1.30 bits per heavy atom. The quantitative estimate of drug-likeness (QED) is 0.915. The summed E-state index contributed by atoms with van der Waals surface area (Å²) in [5, 5.41) is 4.58. The van der Waals surface area contributed by atoms with Gasteiger partial charge in [-0.1, -0.05) is 23.7 Å². The SMILES string of the molecule is Cc1ccc(CN2CCCC(C3CCCN3)C2)cc1Cl. The summed E-state index contributed by atoms with van der Waals surface area (Å²) in [6.45, 7) is 6.80. The first-order valence-electron chi connectivity index (χ1n) is 7.93. The fraction of sp³-hybridized carbons (Fsp3) is 0.647. The Bertz CT molecular complexity index is 454. The van der Waals surface area contributed by atoms with Gasteiger partial charge in [-0.25, -0.2) is 0 Å². The van der Waals surface area contributed by atoms with Crippen LogP contribution >= 0.6 is 11.6 Å². The van der Waals surface area contributed by atoms with Crippen LogP contribution in [-0.4, -0.2) is 30.6 Å². The summed E-state index contributed by atoms with van der Waals surface area (Å²) in [6, 6.07) is 7.25. The molecular formula is C17H25ClN2. The summed E-state index contributed by atoms with van der Waals surface area (Å²) < 4.78 is 0. The van der Waals surface area contributed by atoms with E-state index in [1.807, 2.05) is 0 Å². The van der Waals surface area contributed by atoms with E-state index in [0.717, 1.165) is 23.5 Å². The number of halogens is 1. The van der Waals surface area contributed by atoms with E-state index < -0.39 is 0 Å². The number of benzene rings is 1.